The molecular formula is C15H15BrClNO2. The molecule has 0 radical (unpaired) electrons. The van der Waals surface area contributed by atoms with Gasteiger partial charge in [0.15, 0.2) is 0 Å². The molecule has 2 aromatic rings. The highest BCUT2D eigenvalue weighted by Gasteiger charge is 2.07. The summed E-state index contributed by atoms with van der Waals surface area (Å²) in [6, 6.07) is 11.2. The molecule has 0 amide bonds. The maximum atomic E-state index is 5.94. The average Bonchev–Trinajstić information content (AvgIpc) is 2.47. The van der Waals surface area contributed by atoms with E-state index in [4.69, 9.17) is 26.8 Å². The average molecular weight is 357 g/mol. The second-order valence-corrected chi connectivity index (χ2v) is 5.49. The molecule has 5 heteroatoms. The Morgan fingerprint density at radius 1 is 1.15 bits per heavy atom. The summed E-state index contributed by atoms with van der Waals surface area (Å²) in [5.74, 6) is 1.54. The van der Waals surface area contributed by atoms with E-state index in [0.29, 0.717) is 18.2 Å². The summed E-state index contributed by atoms with van der Waals surface area (Å²) in [4.78, 5) is 0. The van der Waals surface area contributed by atoms with Crippen LogP contribution in [0.3, 0.4) is 0 Å². The molecule has 2 N–H and O–H groups in total. The van der Waals surface area contributed by atoms with Gasteiger partial charge in [0.25, 0.3) is 0 Å². The summed E-state index contributed by atoms with van der Waals surface area (Å²) in [6.07, 6.45) is 0. The maximum absolute atomic E-state index is 5.94. The molecule has 0 bridgehead atoms. The van der Waals surface area contributed by atoms with Crippen molar-refractivity contribution < 1.29 is 9.47 Å². The van der Waals surface area contributed by atoms with Crippen LogP contribution in [0, 0.1) is 0 Å². The lowest BCUT2D eigenvalue weighted by atomic mass is 10.2. The van der Waals surface area contributed by atoms with Crippen molar-refractivity contribution in [3.05, 3.63) is 57.0 Å². The van der Waals surface area contributed by atoms with Gasteiger partial charge in [-0.25, -0.2) is 0 Å². The van der Waals surface area contributed by atoms with Gasteiger partial charge in [0.2, 0.25) is 0 Å². The molecule has 0 heterocycles. The smallest absolute Gasteiger partial charge is 0.124 e. The first-order valence-electron chi connectivity index (χ1n) is 6.07. The zero-order valence-electron chi connectivity index (χ0n) is 11.0. The van der Waals surface area contributed by atoms with Gasteiger partial charge in [-0.1, -0.05) is 27.5 Å². The zero-order valence-corrected chi connectivity index (χ0v) is 13.4. The second kappa shape index (κ2) is 6.97. The highest BCUT2D eigenvalue weighted by Crippen LogP contribution is 2.26. The van der Waals surface area contributed by atoms with E-state index in [0.717, 1.165) is 27.1 Å². The highest BCUT2D eigenvalue weighted by molar-refractivity contribution is 9.10. The van der Waals surface area contributed by atoms with E-state index < -0.39 is 0 Å². The van der Waals surface area contributed by atoms with E-state index in [1.54, 1.807) is 13.2 Å². The predicted octanol–water partition coefficient (Wildman–Crippen LogP) is 4.15. The Labute approximate surface area is 131 Å². The van der Waals surface area contributed by atoms with Crippen LogP contribution in [0.5, 0.6) is 11.5 Å². The fourth-order valence-electron chi connectivity index (χ4n) is 1.79. The summed E-state index contributed by atoms with van der Waals surface area (Å²) in [7, 11) is 1.64. The molecule has 20 heavy (non-hydrogen) atoms. The Morgan fingerprint density at radius 3 is 2.65 bits per heavy atom. The van der Waals surface area contributed by atoms with E-state index in [1.807, 2.05) is 30.3 Å². The molecule has 0 aromatic heterocycles. The van der Waals surface area contributed by atoms with Gasteiger partial charge in [-0.2, -0.15) is 0 Å². The number of ether oxygens (including phenoxy) is 2. The van der Waals surface area contributed by atoms with Crippen molar-refractivity contribution in [3.8, 4) is 11.5 Å². The van der Waals surface area contributed by atoms with Crippen LogP contribution in [0.4, 0.5) is 0 Å². The number of rotatable bonds is 5. The van der Waals surface area contributed by atoms with Gasteiger partial charge in [-0.3, -0.25) is 0 Å². The van der Waals surface area contributed by atoms with Gasteiger partial charge in [0.1, 0.15) is 18.1 Å². The molecule has 0 spiro atoms. The molecule has 0 aliphatic rings. The number of hydrogen-bond acceptors (Lipinski definition) is 3. The standard InChI is InChI=1S/C15H15BrClNO2/c1-19-13-3-4-14(16)11(7-13)9-20-15-5-2-12(17)6-10(15)8-18/h2-7H,8-9,18H2,1H3. The van der Waals surface area contributed by atoms with Gasteiger partial charge < -0.3 is 15.2 Å². The summed E-state index contributed by atoms with van der Waals surface area (Å²) >= 11 is 9.44. The van der Waals surface area contributed by atoms with Gasteiger partial charge in [-0.05, 0) is 36.4 Å². The monoisotopic (exact) mass is 355 g/mol. The normalized spacial score (nSPS) is 10.4. The Hall–Kier alpha value is -1.23. The van der Waals surface area contributed by atoms with Crippen LogP contribution >= 0.6 is 27.5 Å². The molecule has 106 valence electrons. The molecule has 0 aliphatic carbocycles. The fraction of sp³-hybridized carbons (Fsp3) is 0.200. The number of methoxy groups -OCH3 is 1. The molecule has 0 atom stereocenters. The lowest BCUT2D eigenvalue weighted by molar-refractivity contribution is 0.301. The molecule has 0 aliphatic heterocycles. The van der Waals surface area contributed by atoms with E-state index in [-0.39, 0.29) is 0 Å². The van der Waals surface area contributed by atoms with Crippen LogP contribution in [-0.4, -0.2) is 7.11 Å². The number of nitrogens with two attached hydrogens (primary N) is 1. The lowest BCUT2D eigenvalue weighted by Gasteiger charge is -2.12. The van der Waals surface area contributed by atoms with Crippen LogP contribution in [0.25, 0.3) is 0 Å². The Bertz CT molecular complexity index is 604. The molecule has 0 saturated heterocycles. The predicted molar refractivity (Wildman–Crippen MR) is 84.4 cm³/mol. The third-order valence-corrected chi connectivity index (χ3v) is 3.89. The number of halogens is 2. The zero-order chi connectivity index (χ0) is 14.5. The van der Waals surface area contributed by atoms with Crippen LogP contribution in [0.1, 0.15) is 11.1 Å². The van der Waals surface area contributed by atoms with Crippen LogP contribution < -0.4 is 15.2 Å². The number of benzene rings is 2. The quantitative estimate of drug-likeness (QED) is 0.875. The topological polar surface area (TPSA) is 44.5 Å². The van der Waals surface area contributed by atoms with Crippen molar-refractivity contribution in [2.24, 2.45) is 5.73 Å². The summed E-state index contributed by atoms with van der Waals surface area (Å²) in [6.45, 7) is 0.807. The Balaban J connectivity index is 2.16. The second-order valence-electron chi connectivity index (χ2n) is 4.20. The van der Waals surface area contributed by atoms with Crippen LogP contribution in [-0.2, 0) is 13.2 Å². The minimum absolute atomic E-state index is 0.384. The first kappa shape index (κ1) is 15.2. The molecule has 3 nitrogen and oxygen atoms in total. The van der Waals surface area contributed by atoms with Crippen LogP contribution in [0.15, 0.2) is 40.9 Å². The van der Waals surface area contributed by atoms with E-state index in [2.05, 4.69) is 15.9 Å². The SMILES string of the molecule is COc1ccc(Br)c(COc2ccc(Cl)cc2CN)c1. The fourth-order valence-corrected chi connectivity index (χ4v) is 2.35. The van der Waals surface area contributed by atoms with E-state index in [1.165, 1.54) is 0 Å². The van der Waals surface area contributed by atoms with E-state index >= 15 is 0 Å². The number of hydrogen-bond donors (Lipinski definition) is 1. The first-order chi connectivity index (χ1) is 9.63. The molecular weight excluding hydrogens is 342 g/mol. The van der Waals surface area contributed by atoms with Crippen LogP contribution in [0.2, 0.25) is 5.02 Å². The van der Waals surface area contributed by atoms with Crippen molar-refractivity contribution in [2.75, 3.05) is 7.11 Å². The van der Waals surface area contributed by atoms with Gasteiger partial charge >= 0.3 is 0 Å². The Kier molecular flexibility index (Phi) is 5.29. The van der Waals surface area contributed by atoms with Gasteiger partial charge in [0.05, 0.1) is 7.11 Å². The minimum Gasteiger partial charge on any atom is -0.497 e. The first-order valence-corrected chi connectivity index (χ1v) is 7.25. The minimum atomic E-state index is 0.384. The van der Waals surface area contributed by atoms with Crippen molar-refractivity contribution in [2.45, 2.75) is 13.2 Å². The highest BCUT2D eigenvalue weighted by atomic mass is 79.9. The largest absolute Gasteiger partial charge is 0.497 e. The third kappa shape index (κ3) is 3.66. The lowest BCUT2D eigenvalue weighted by Crippen LogP contribution is -2.03. The molecule has 0 unspecified atom stereocenters. The summed E-state index contributed by atoms with van der Waals surface area (Å²) in [5.41, 5.74) is 7.58. The summed E-state index contributed by atoms with van der Waals surface area (Å²) in [5, 5.41) is 0.653. The Morgan fingerprint density at radius 2 is 1.95 bits per heavy atom. The molecule has 2 aromatic carbocycles. The van der Waals surface area contributed by atoms with Gasteiger partial charge in [0, 0.05) is 27.2 Å². The van der Waals surface area contributed by atoms with Crippen molar-refractivity contribution in [3.63, 3.8) is 0 Å². The van der Waals surface area contributed by atoms with E-state index in [9.17, 15) is 0 Å². The van der Waals surface area contributed by atoms with Gasteiger partial charge in [-0.15, -0.1) is 0 Å². The molecule has 2 rings (SSSR count). The van der Waals surface area contributed by atoms with Crippen molar-refractivity contribution in [1.82, 2.24) is 0 Å². The third-order valence-electron chi connectivity index (χ3n) is 2.88. The molecule has 0 fully saturated rings. The maximum Gasteiger partial charge on any atom is 0.124 e. The van der Waals surface area contributed by atoms with Crippen molar-refractivity contribution >= 4 is 27.5 Å². The molecule has 0 saturated carbocycles. The van der Waals surface area contributed by atoms with Crippen molar-refractivity contribution in [1.29, 1.82) is 0 Å². The summed E-state index contributed by atoms with van der Waals surface area (Å²) < 4.78 is 12.0.